The quantitative estimate of drug-likeness (QED) is 0.461. The topological polar surface area (TPSA) is 90.0 Å². The minimum Gasteiger partial charge on any atom is -0.335 e. The lowest BCUT2D eigenvalue weighted by molar-refractivity contribution is -0.116. The van der Waals surface area contributed by atoms with Crippen LogP contribution in [-0.2, 0) is 11.3 Å². The van der Waals surface area contributed by atoms with Gasteiger partial charge in [-0.3, -0.25) is 14.2 Å². The van der Waals surface area contributed by atoms with Crippen molar-refractivity contribution in [3.8, 4) is 11.3 Å². The molecule has 0 saturated carbocycles. The van der Waals surface area contributed by atoms with Gasteiger partial charge >= 0.3 is 0 Å². The second-order valence-corrected chi connectivity index (χ2v) is 7.56. The molecule has 0 spiro atoms. The first-order chi connectivity index (χ1) is 14.0. The highest BCUT2D eigenvalue weighted by atomic mass is 79.9. The molecule has 0 aliphatic heterocycles. The van der Waals surface area contributed by atoms with Crippen LogP contribution < -0.4 is 10.9 Å². The Hall–Kier alpha value is -2.97. The molecule has 0 unspecified atom stereocenters. The normalized spacial score (nSPS) is 11.0. The van der Waals surface area contributed by atoms with E-state index in [9.17, 15) is 9.59 Å². The molecule has 7 nitrogen and oxygen atoms in total. The number of benzene rings is 2. The number of rotatable bonds is 5. The van der Waals surface area contributed by atoms with Gasteiger partial charge in [-0.1, -0.05) is 50.9 Å². The number of hydrogen-bond acceptors (Lipinski definition) is 5. The first kappa shape index (κ1) is 19.4. The maximum atomic E-state index is 12.9. The van der Waals surface area contributed by atoms with E-state index in [0.29, 0.717) is 22.0 Å². The Labute approximate surface area is 178 Å². The van der Waals surface area contributed by atoms with Crippen LogP contribution in [-0.4, -0.2) is 20.6 Å². The Morgan fingerprint density at radius 1 is 1.17 bits per heavy atom. The molecule has 2 heterocycles. The summed E-state index contributed by atoms with van der Waals surface area (Å²) in [5, 5.41) is 7.44. The zero-order chi connectivity index (χ0) is 20.4. The second kappa shape index (κ2) is 8.18. The molecule has 0 atom stereocenters. The third-order valence-corrected chi connectivity index (χ3v) is 5.16. The number of aryl methyl sites for hydroxylation is 1. The van der Waals surface area contributed by atoms with Gasteiger partial charge in [0.1, 0.15) is 17.4 Å². The molecule has 9 heteroatoms. The zero-order valence-electron chi connectivity index (χ0n) is 14.9. The van der Waals surface area contributed by atoms with Gasteiger partial charge in [-0.2, -0.15) is 0 Å². The predicted molar refractivity (Wildman–Crippen MR) is 114 cm³/mol. The summed E-state index contributed by atoms with van der Waals surface area (Å²) >= 11 is 9.58. The molecule has 4 aromatic rings. The number of amides is 1. The molecule has 0 aliphatic rings. The van der Waals surface area contributed by atoms with Gasteiger partial charge in [0.2, 0.25) is 5.91 Å². The highest BCUT2D eigenvalue weighted by Crippen LogP contribution is 2.30. The van der Waals surface area contributed by atoms with Gasteiger partial charge < -0.3 is 9.84 Å². The largest absolute Gasteiger partial charge is 0.335 e. The van der Waals surface area contributed by atoms with Gasteiger partial charge in [0.05, 0.1) is 5.02 Å². The molecule has 146 valence electrons. The number of nitrogens with one attached hydrogen (secondary N) is 1. The van der Waals surface area contributed by atoms with Crippen LogP contribution in [0.4, 0.5) is 5.69 Å². The molecule has 4 rings (SSSR count). The van der Waals surface area contributed by atoms with Crippen molar-refractivity contribution < 1.29 is 9.32 Å². The molecule has 0 fully saturated rings. The summed E-state index contributed by atoms with van der Waals surface area (Å²) in [6.07, 6.45) is 1.45. The number of halogens is 2. The Balaban J connectivity index is 1.57. The second-order valence-electron chi connectivity index (χ2n) is 6.24. The number of hydrogen-bond donors (Lipinski definition) is 1. The smallest absolute Gasteiger partial charge is 0.266 e. The maximum Gasteiger partial charge on any atom is 0.266 e. The van der Waals surface area contributed by atoms with E-state index < -0.39 is 0 Å². The van der Waals surface area contributed by atoms with Crippen LogP contribution >= 0.6 is 27.5 Å². The van der Waals surface area contributed by atoms with E-state index in [1.54, 1.807) is 36.4 Å². The van der Waals surface area contributed by atoms with E-state index in [1.807, 2.05) is 12.1 Å². The van der Waals surface area contributed by atoms with Crippen molar-refractivity contribution in [2.24, 2.45) is 0 Å². The minimum absolute atomic E-state index is 0.107. The summed E-state index contributed by atoms with van der Waals surface area (Å²) < 4.78 is 7.48. The fourth-order valence-corrected chi connectivity index (χ4v) is 3.35. The summed E-state index contributed by atoms with van der Waals surface area (Å²) in [6.45, 7) is 0.164. The lowest BCUT2D eigenvalue weighted by atomic mass is 10.1. The van der Waals surface area contributed by atoms with Gasteiger partial charge in [-0.15, -0.1) is 0 Å². The van der Waals surface area contributed by atoms with E-state index in [2.05, 4.69) is 31.4 Å². The zero-order valence-corrected chi connectivity index (χ0v) is 17.3. The molecule has 1 amide bonds. The van der Waals surface area contributed by atoms with Crippen molar-refractivity contribution >= 4 is 50.2 Å². The van der Waals surface area contributed by atoms with Gasteiger partial charge in [0, 0.05) is 28.7 Å². The molecule has 0 radical (unpaired) electrons. The summed E-state index contributed by atoms with van der Waals surface area (Å²) in [4.78, 5) is 29.3. The van der Waals surface area contributed by atoms with Crippen LogP contribution in [0.15, 0.2) is 68.6 Å². The van der Waals surface area contributed by atoms with E-state index >= 15 is 0 Å². The third kappa shape index (κ3) is 4.08. The molecular formula is C20H14BrClN4O3. The maximum absolute atomic E-state index is 12.9. The molecule has 1 N–H and O–H groups in total. The monoisotopic (exact) mass is 472 g/mol. The molecule has 0 aliphatic carbocycles. The lowest BCUT2D eigenvalue weighted by Crippen LogP contribution is -2.23. The molecule has 2 aromatic heterocycles. The number of nitrogens with zero attached hydrogens (tertiary/aromatic N) is 3. The van der Waals surface area contributed by atoms with E-state index in [-0.39, 0.29) is 35.5 Å². The summed E-state index contributed by atoms with van der Waals surface area (Å²) in [5.41, 5.74) is 1.37. The van der Waals surface area contributed by atoms with Gasteiger partial charge in [-0.25, -0.2) is 4.98 Å². The molecule has 2 aromatic carbocycles. The molecule has 29 heavy (non-hydrogen) atoms. The van der Waals surface area contributed by atoms with Crippen molar-refractivity contribution in [2.45, 2.75) is 13.0 Å². The number of anilines is 1. The molecular weight excluding hydrogens is 460 g/mol. The van der Waals surface area contributed by atoms with Crippen molar-refractivity contribution in [3.63, 3.8) is 0 Å². The first-order valence-corrected chi connectivity index (χ1v) is 9.85. The number of aromatic nitrogens is 3. The van der Waals surface area contributed by atoms with Crippen molar-refractivity contribution in [3.05, 3.63) is 74.7 Å². The van der Waals surface area contributed by atoms with Crippen LogP contribution in [0.3, 0.4) is 0 Å². The lowest BCUT2D eigenvalue weighted by Gasteiger charge is -2.07. The van der Waals surface area contributed by atoms with Crippen LogP contribution in [0, 0.1) is 0 Å². The SMILES string of the molecule is O=C(CCn1cnc2onc(-c3ccccc3Cl)c2c1=O)Nc1ccc(Br)cc1. The Kier molecular flexibility index (Phi) is 5.46. The van der Waals surface area contributed by atoms with Crippen molar-refractivity contribution in [2.75, 3.05) is 5.32 Å². The number of fused-ring (bicyclic) bond motifs is 1. The van der Waals surface area contributed by atoms with Gasteiger partial charge in [0.25, 0.3) is 11.3 Å². The van der Waals surface area contributed by atoms with Crippen LogP contribution in [0.1, 0.15) is 6.42 Å². The summed E-state index contributed by atoms with van der Waals surface area (Å²) in [5.74, 6) is -0.212. The van der Waals surface area contributed by atoms with Crippen LogP contribution in [0.5, 0.6) is 0 Å². The van der Waals surface area contributed by atoms with Crippen LogP contribution in [0.2, 0.25) is 5.02 Å². The highest BCUT2D eigenvalue weighted by molar-refractivity contribution is 9.10. The third-order valence-electron chi connectivity index (χ3n) is 4.30. The van der Waals surface area contributed by atoms with E-state index in [1.165, 1.54) is 10.9 Å². The van der Waals surface area contributed by atoms with Gasteiger partial charge in [-0.05, 0) is 30.3 Å². The first-order valence-electron chi connectivity index (χ1n) is 8.68. The summed E-state index contributed by atoms with van der Waals surface area (Å²) in [7, 11) is 0. The van der Waals surface area contributed by atoms with Crippen molar-refractivity contribution in [1.29, 1.82) is 0 Å². The predicted octanol–water partition coefficient (Wildman–Crippen LogP) is 4.50. The minimum atomic E-state index is -0.345. The van der Waals surface area contributed by atoms with Crippen molar-refractivity contribution in [1.82, 2.24) is 14.7 Å². The molecule has 0 saturated heterocycles. The Morgan fingerprint density at radius 2 is 1.93 bits per heavy atom. The van der Waals surface area contributed by atoms with E-state index in [0.717, 1.165) is 4.47 Å². The number of carbonyl (C=O) groups excluding carboxylic acids is 1. The average molecular weight is 474 g/mol. The fourth-order valence-electron chi connectivity index (χ4n) is 2.86. The Morgan fingerprint density at radius 3 is 2.69 bits per heavy atom. The number of carbonyl (C=O) groups is 1. The van der Waals surface area contributed by atoms with Crippen LogP contribution in [0.25, 0.3) is 22.4 Å². The van der Waals surface area contributed by atoms with Gasteiger partial charge in [0.15, 0.2) is 0 Å². The summed E-state index contributed by atoms with van der Waals surface area (Å²) in [6, 6.07) is 14.3. The standard InChI is InChI=1S/C20H14BrClN4O3/c21-12-5-7-13(8-6-12)24-16(27)9-10-26-11-23-19-17(20(26)28)18(25-29-19)14-3-1-2-4-15(14)22/h1-8,11H,9-10H2,(H,24,27). The Bertz CT molecular complexity index is 1250. The fraction of sp³-hybridized carbons (Fsp3) is 0.100. The van der Waals surface area contributed by atoms with E-state index in [4.69, 9.17) is 16.1 Å². The molecule has 0 bridgehead atoms. The average Bonchev–Trinajstić information content (AvgIpc) is 3.14. The highest BCUT2D eigenvalue weighted by Gasteiger charge is 2.19.